The zero-order valence-electron chi connectivity index (χ0n) is 7.06. The van der Waals surface area contributed by atoms with Crippen molar-refractivity contribution in [3.63, 3.8) is 0 Å². The molecule has 0 fully saturated rings. The van der Waals surface area contributed by atoms with Gasteiger partial charge in [-0.2, -0.15) is 9.97 Å². The van der Waals surface area contributed by atoms with Crippen molar-refractivity contribution in [3.05, 3.63) is 5.28 Å². The molecule has 1 aromatic rings. The highest BCUT2D eigenvalue weighted by Gasteiger charge is 2.07. The first-order valence-electron chi connectivity index (χ1n) is 3.42. The van der Waals surface area contributed by atoms with Gasteiger partial charge in [-0.15, -0.1) is 4.98 Å². The average Bonchev–Trinajstić information content (AvgIpc) is 2.01. The van der Waals surface area contributed by atoms with Gasteiger partial charge in [-0.1, -0.05) is 0 Å². The maximum Gasteiger partial charge on any atom is 0.326 e. The molecule has 0 saturated carbocycles. The van der Waals surface area contributed by atoms with Crippen molar-refractivity contribution in [3.8, 4) is 12.0 Å². The van der Waals surface area contributed by atoms with Crippen LogP contribution >= 0.6 is 11.6 Å². The highest BCUT2D eigenvalue weighted by Crippen LogP contribution is 2.12. The molecule has 0 aliphatic carbocycles. The zero-order chi connectivity index (χ0) is 9.84. The third kappa shape index (κ3) is 3.00. The Morgan fingerprint density at radius 3 is 2.46 bits per heavy atom. The lowest BCUT2D eigenvalue weighted by Gasteiger charge is -2.06. The minimum absolute atomic E-state index is 0.0376. The van der Waals surface area contributed by atoms with Gasteiger partial charge in [-0.25, -0.2) is 0 Å². The molecule has 0 aliphatic rings. The summed E-state index contributed by atoms with van der Waals surface area (Å²) in [7, 11) is 1.39. The molecule has 72 valence electrons. The van der Waals surface area contributed by atoms with Crippen molar-refractivity contribution in [1.29, 1.82) is 0 Å². The SMILES string of the molecule is COc1nc(Cl)nc(OC(C)O)n1. The van der Waals surface area contributed by atoms with Crippen LogP contribution in [0, 0.1) is 0 Å². The number of rotatable bonds is 3. The fraction of sp³-hybridized carbons (Fsp3) is 0.500. The van der Waals surface area contributed by atoms with Crippen molar-refractivity contribution >= 4 is 11.6 Å². The van der Waals surface area contributed by atoms with Crippen molar-refractivity contribution in [2.45, 2.75) is 13.2 Å². The lowest BCUT2D eigenvalue weighted by Crippen LogP contribution is -2.12. The van der Waals surface area contributed by atoms with Gasteiger partial charge in [0.05, 0.1) is 7.11 Å². The van der Waals surface area contributed by atoms with E-state index in [0.29, 0.717) is 0 Å². The van der Waals surface area contributed by atoms with Gasteiger partial charge < -0.3 is 14.6 Å². The molecule has 0 saturated heterocycles. The van der Waals surface area contributed by atoms with Crippen LogP contribution in [0.5, 0.6) is 12.0 Å². The van der Waals surface area contributed by atoms with Crippen molar-refractivity contribution in [2.24, 2.45) is 0 Å². The van der Waals surface area contributed by atoms with E-state index in [4.69, 9.17) is 26.2 Å². The molecule has 0 radical (unpaired) electrons. The molecule has 0 amide bonds. The van der Waals surface area contributed by atoms with E-state index in [9.17, 15) is 0 Å². The topological polar surface area (TPSA) is 77.4 Å². The van der Waals surface area contributed by atoms with Gasteiger partial charge in [-0.05, 0) is 18.5 Å². The van der Waals surface area contributed by atoms with E-state index >= 15 is 0 Å². The Morgan fingerprint density at radius 2 is 1.92 bits per heavy atom. The van der Waals surface area contributed by atoms with Crippen molar-refractivity contribution in [1.82, 2.24) is 15.0 Å². The number of aliphatic hydroxyl groups is 1. The third-order valence-corrected chi connectivity index (χ3v) is 1.19. The normalized spacial score (nSPS) is 12.3. The summed E-state index contributed by atoms with van der Waals surface area (Å²) in [5, 5.41) is 8.80. The summed E-state index contributed by atoms with van der Waals surface area (Å²) in [6.45, 7) is 1.42. The smallest absolute Gasteiger partial charge is 0.326 e. The number of nitrogens with zero attached hydrogens (tertiary/aromatic N) is 3. The molecule has 0 bridgehead atoms. The monoisotopic (exact) mass is 205 g/mol. The van der Waals surface area contributed by atoms with Crippen LogP contribution in [0.4, 0.5) is 0 Å². The van der Waals surface area contributed by atoms with E-state index in [-0.39, 0.29) is 17.3 Å². The Bertz CT molecular complexity index is 294. The first-order valence-corrected chi connectivity index (χ1v) is 3.80. The maximum atomic E-state index is 8.85. The Hall–Kier alpha value is -1.14. The summed E-state index contributed by atoms with van der Waals surface area (Å²) in [6.07, 6.45) is -1.01. The Kier molecular flexibility index (Phi) is 3.21. The second kappa shape index (κ2) is 4.20. The van der Waals surface area contributed by atoms with E-state index in [1.54, 1.807) is 0 Å². The fourth-order valence-electron chi connectivity index (χ4n) is 0.611. The molecule has 13 heavy (non-hydrogen) atoms. The molecule has 0 aromatic carbocycles. The van der Waals surface area contributed by atoms with Gasteiger partial charge in [0, 0.05) is 0 Å². The third-order valence-electron chi connectivity index (χ3n) is 1.03. The predicted octanol–water partition coefficient (Wildman–Crippen LogP) is 0.251. The molecule has 6 nitrogen and oxygen atoms in total. The van der Waals surface area contributed by atoms with Gasteiger partial charge in [0.2, 0.25) is 5.28 Å². The van der Waals surface area contributed by atoms with Gasteiger partial charge in [0.15, 0.2) is 6.29 Å². The van der Waals surface area contributed by atoms with E-state index in [2.05, 4.69) is 15.0 Å². The van der Waals surface area contributed by atoms with Crippen LogP contribution in [0.25, 0.3) is 0 Å². The van der Waals surface area contributed by atoms with E-state index in [0.717, 1.165) is 0 Å². The van der Waals surface area contributed by atoms with Gasteiger partial charge in [0.25, 0.3) is 0 Å². The van der Waals surface area contributed by atoms with Crippen LogP contribution in [0.3, 0.4) is 0 Å². The number of halogens is 1. The lowest BCUT2D eigenvalue weighted by molar-refractivity contribution is -0.00792. The van der Waals surface area contributed by atoms with E-state index in [1.165, 1.54) is 14.0 Å². The Balaban J connectivity index is 2.88. The lowest BCUT2D eigenvalue weighted by atomic mass is 10.8. The second-order valence-electron chi connectivity index (χ2n) is 2.09. The molecular weight excluding hydrogens is 198 g/mol. The number of methoxy groups -OCH3 is 1. The largest absolute Gasteiger partial charge is 0.467 e. The number of aliphatic hydroxyl groups excluding tert-OH is 1. The molecule has 1 heterocycles. The van der Waals surface area contributed by atoms with Gasteiger partial charge in [0.1, 0.15) is 0 Å². The summed E-state index contributed by atoms with van der Waals surface area (Å²) in [4.78, 5) is 10.9. The number of aromatic nitrogens is 3. The predicted molar refractivity (Wildman–Crippen MR) is 43.7 cm³/mol. The van der Waals surface area contributed by atoms with Crippen LogP contribution in [-0.2, 0) is 0 Å². The molecule has 1 rings (SSSR count). The number of ether oxygens (including phenoxy) is 2. The quantitative estimate of drug-likeness (QED) is 0.713. The summed E-state index contributed by atoms with van der Waals surface area (Å²) in [5.41, 5.74) is 0. The Morgan fingerprint density at radius 1 is 1.31 bits per heavy atom. The average molecular weight is 206 g/mol. The molecular formula is C6H8ClN3O3. The molecule has 1 aromatic heterocycles. The maximum absolute atomic E-state index is 8.85. The standard InChI is InChI=1S/C6H8ClN3O3/c1-3(11)13-6-9-4(7)8-5(10-6)12-2/h3,11H,1-2H3. The number of hydrogen-bond acceptors (Lipinski definition) is 6. The molecule has 1 atom stereocenters. The van der Waals surface area contributed by atoms with Gasteiger partial charge in [-0.3, -0.25) is 0 Å². The van der Waals surface area contributed by atoms with Crippen LogP contribution in [-0.4, -0.2) is 33.5 Å². The highest BCUT2D eigenvalue weighted by molar-refractivity contribution is 6.28. The summed E-state index contributed by atoms with van der Waals surface area (Å²) in [5.74, 6) is 0. The van der Waals surface area contributed by atoms with Crippen LogP contribution in [0.1, 0.15) is 6.92 Å². The van der Waals surface area contributed by atoms with Crippen molar-refractivity contribution < 1.29 is 14.6 Å². The van der Waals surface area contributed by atoms with Crippen LogP contribution < -0.4 is 9.47 Å². The number of hydrogen-bond donors (Lipinski definition) is 1. The Labute approximate surface area is 79.5 Å². The van der Waals surface area contributed by atoms with Crippen molar-refractivity contribution in [2.75, 3.05) is 7.11 Å². The summed E-state index contributed by atoms with van der Waals surface area (Å²) >= 11 is 5.51. The first kappa shape index (κ1) is 9.94. The second-order valence-corrected chi connectivity index (χ2v) is 2.43. The van der Waals surface area contributed by atoms with E-state index < -0.39 is 6.29 Å². The first-order chi connectivity index (χ1) is 6.11. The molecule has 0 spiro atoms. The zero-order valence-corrected chi connectivity index (χ0v) is 7.82. The minimum Gasteiger partial charge on any atom is -0.467 e. The minimum atomic E-state index is -1.01. The van der Waals surface area contributed by atoms with E-state index in [1.807, 2.05) is 0 Å². The molecule has 1 unspecified atom stereocenters. The van der Waals surface area contributed by atoms with Gasteiger partial charge >= 0.3 is 12.0 Å². The molecule has 7 heteroatoms. The molecule has 0 aliphatic heterocycles. The highest BCUT2D eigenvalue weighted by atomic mass is 35.5. The molecule has 1 N–H and O–H groups in total. The fourth-order valence-corrected chi connectivity index (χ4v) is 0.756. The van der Waals surface area contributed by atoms with Crippen LogP contribution in [0.2, 0.25) is 5.28 Å². The summed E-state index contributed by atoms with van der Waals surface area (Å²) in [6, 6.07) is -0.0394. The van der Waals surface area contributed by atoms with Crippen LogP contribution in [0.15, 0.2) is 0 Å². The summed E-state index contributed by atoms with van der Waals surface area (Å²) < 4.78 is 9.48.